The molecule has 0 spiro atoms. The molecule has 19 heavy (non-hydrogen) atoms. The first kappa shape index (κ1) is 17.5. The average molecular weight is 282 g/mol. The van der Waals surface area contributed by atoms with E-state index in [0.717, 1.165) is 22.7 Å². The standard InChI is InChI=1S/C13H18N2O2S.CH4/c1-3-15-11-5-4-6-12(10(11)9-14)18-8-7-13(16)17-2;/h4-6,9,14-15H,3,7-8H2,1-2H3;1H4. The van der Waals surface area contributed by atoms with Crippen LogP contribution in [0.3, 0.4) is 0 Å². The Kier molecular flexibility index (Phi) is 8.70. The maximum atomic E-state index is 11.0. The maximum absolute atomic E-state index is 11.0. The van der Waals surface area contributed by atoms with Gasteiger partial charge in [0.25, 0.3) is 0 Å². The Morgan fingerprint density at radius 1 is 1.53 bits per heavy atom. The van der Waals surface area contributed by atoms with Crippen molar-refractivity contribution in [3.63, 3.8) is 0 Å². The Balaban J connectivity index is 0.00000324. The molecule has 0 radical (unpaired) electrons. The second kappa shape index (κ2) is 9.44. The molecule has 5 heteroatoms. The summed E-state index contributed by atoms with van der Waals surface area (Å²) < 4.78 is 4.60. The van der Waals surface area contributed by atoms with Gasteiger partial charge < -0.3 is 15.5 Å². The van der Waals surface area contributed by atoms with Crippen LogP contribution in [-0.4, -0.2) is 31.6 Å². The van der Waals surface area contributed by atoms with Gasteiger partial charge in [0.2, 0.25) is 0 Å². The molecule has 0 aliphatic heterocycles. The van der Waals surface area contributed by atoms with Crippen LogP contribution in [0, 0.1) is 5.41 Å². The molecule has 0 heterocycles. The number of methoxy groups -OCH3 is 1. The smallest absolute Gasteiger partial charge is 0.306 e. The first-order chi connectivity index (χ1) is 8.72. The van der Waals surface area contributed by atoms with Crippen molar-refractivity contribution in [3.05, 3.63) is 23.8 Å². The van der Waals surface area contributed by atoms with E-state index in [1.54, 1.807) is 11.8 Å². The first-order valence-electron chi connectivity index (χ1n) is 5.79. The summed E-state index contributed by atoms with van der Waals surface area (Å²) in [4.78, 5) is 12.0. The molecule has 1 rings (SSSR count). The Morgan fingerprint density at radius 3 is 2.84 bits per heavy atom. The molecule has 0 saturated heterocycles. The molecule has 106 valence electrons. The predicted molar refractivity (Wildman–Crippen MR) is 82.6 cm³/mol. The third-order valence-electron chi connectivity index (χ3n) is 2.37. The van der Waals surface area contributed by atoms with Gasteiger partial charge in [0.15, 0.2) is 0 Å². The highest BCUT2D eigenvalue weighted by Gasteiger charge is 2.07. The number of carbonyl (C=O) groups excluding carboxylic acids is 1. The molecule has 0 aliphatic carbocycles. The maximum Gasteiger partial charge on any atom is 0.306 e. The Morgan fingerprint density at radius 2 is 2.26 bits per heavy atom. The van der Waals surface area contributed by atoms with Crippen molar-refractivity contribution in [1.29, 1.82) is 5.41 Å². The number of rotatable bonds is 7. The molecular weight excluding hydrogens is 260 g/mol. The van der Waals surface area contributed by atoms with Gasteiger partial charge in [-0.1, -0.05) is 13.5 Å². The minimum atomic E-state index is -0.207. The third-order valence-corrected chi connectivity index (χ3v) is 3.44. The minimum absolute atomic E-state index is 0. The molecule has 2 N–H and O–H groups in total. The van der Waals surface area contributed by atoms with Gasteiger partial charge in [-0.3, -0.25) is 4.79 Å². The van der Waals surface area contributed by atoms with Crippen molar-refractivity contribution < 1.29 is 9.53 Å². The van der Waals surface area contributed by atoms with Crippen LogP contribution in [-0.2, 0) is 9.53 Å². The lowest BCUT2D eigenvalue weighted by Crippen LogP contribution is -2.03. The second-order valence-electron chi connectivity index (χ2n) is 3.57. The number of nitrogens with one attached hydrogen (secondary N) is 2. The van der Waals surface area contributed by atoms with Gasteiger partial charge in [-0.15, -0.1) is 11.8 Å². The quantitative estimate of drug-likeness (QED) is 0.457. The fourth-order valence-corrected chi connectivity index (χ4v) is 2.50. The molecule has 0 unspecified atom stereocenters. The molecule has 0 atom stereocenters. The fraction of sp³-hybridized carbons (Fsp3) is 0.429. The highest BCUT2D eigenvalue weighted by Crippen LogP contribution is 2.27. The zero-order valence-electron chi connectivity index (χ0n) is 10.7. The molecule has 0 bridgehead atoms. The first-order valence-corrected chi connectivity index (χ1v) is 6.78. The molecule has 1 aromatic carbocycles. The van der Waals surface area contributed by atoms with E-state index in [1.165, 1.54) is 13.3 Å². The van der Waals surface area contributed by atoms with Gasteiger partial charge >= 0.3 is 5.97 Å². The van der Waals surface area contributed by atoms with Crippen molar-refractivity contribution in [3.8, 4) is 0 Å². The number of benzene rings is 1. The molecule has 1 aromatic rings. The summed E-state index contributed by atoms with van der Waals surface area (Å²) in [5.74, 6) is 0.449. The van der Waals surface area contributed by atoms with Gasteiger partial charge in [0.05, 0.1) is 13.5 Å². The van der Waals surface area contributed by atoms with Gasteiger partial charge in [0.1, 0.15) is 0 Å². The van der Waals surface area contributed by atoms with E-state index in [-0.39, 0.29) is 13.4 Å². The highest BCUT2D eigenvalue weighted by molar-refractivity contribution is 7.99. The van der Waals surface area contributed by atoms with Gasteiger partial charge in [0, 0.05) is 34.7 Å². The van der Waals surface area contributed by atoms with Crippen LogP contribution < -0.4 is 5.32 Å². The van der Waals surface area contributed by atoms with Crippen molar-refractivity contribution in [2.75, 3.05) is 24.7 Å². The van der Waals surface area contributed by atoms with E-state index in [1.807, 2.05) is 25.1 Å². The number of carbonyl (C=O) groups is 1. The Bertz CT molecular complexity index is 422. The third kappa shape index (κ3) is 5.34. The molecule has 0 saturated carbocycles. The molecule has 0 aromatic heterocycles. The molecule has 0 aliphatic rings. The van der Waals surface area contributed by atoms with Crippen LogP contribution in [0.1, 0.15) is 26.3 Å². The zero-order chi connectivity index (χ0) is 13.4. The lowest BCUT2D eigenvalue weighted by Gasteiger charge is -2.11. The summed E-state index contributed by atoms with van der Waals surface area (Å²) >= 11 is 1.56. The van der Waals surface area contributed by atoms with Crippen LogP contribution in [0.5, 0.6) is 0 Å². The summed E-state index contributed by atoms with van der Waals surface area (Å²) in [6.45, 7) is 2.84. The summed E-state index contributed by atoms with van der Waals surface area (Å²) in [6.07, 6.45) is 1.72. The lowest BCUT2D eigenvalue weighted by molar-refractivity contribution is -0.140. The van der Waals surface area contributed by atoms with E-state index in [4.69, 9.17) is 5.41 Å². The summed E-state index contributed by atoms with van der Waals surface area (Å²) in [7, 11) is 1.39. The largest absolute Gasteiger partial charge is 0.469 e. The Hall–Kier alpha value is -1.49. The Labute approximate surface area is 119 Å². The van der Waals surface area contributed by atoms with Crippen LogP contribution in [0.4, 0.5) is 5.69 Å². The SMILES string of the molecule is C.CCNc1cccc(SCCC(=O)OC)c1C=N. The number of anilines is 1. The second-order valence-corrected chi connectivity index (χ2v) is 4.70. The molecule has 0 fully saturated rings. The zero-order valence-corrected chi connectivity index (χ0v) is 11.5. The molecular formula is C14H22N2O2S. The number of hydrogen-bond donors (Lipinski definition) is 2. The topological polar surface area (TPSA) is 62.2 Å². The highest BCUT2D eigenvalue weighted by atomic mass is 32.2. The van der Waals surface area contributed by atoms with Gasteiger partial charge in [-0.25, -0.2) is 0 Å². The van der Waals surface area contributed by atoms with Crippen molar-refractivity contribution in [1.82, 2.24) is 0 Å². The summed E-state index contributed by atoms with van der Waals surface area (Å²) in [6, 6.07) is 5.86. The fourth-order valence-electron chi connectivity index (χ4n) is 1.51. The van der Waals surface area contributed by atoms with Crippen LogP contribution in [0.2, 0.25) is 0 Å². The monoisotopic (exact) mass is 282 g/mol. The van der Waals surface area contributed by atoms with Crippen molar-refractivity contribution in [2.45, 2.75) is 25.7 Å². The van der Waals surface area contributed by atoms with E-state index < -0.39 is 0 Å². The van der Waals surface area contributed by atoms with Gasteiger partial charge in [-0.05, 0) is 19.1 Å². The predicted octanol–water partition coefficient (Wildman–Crippen LogP) is 3.41. The molecule has 0 amide bonds. The number of ether oxygens (including phenoxy) is 1. The lowest BCUT2D eigenvalue weighted by atomic mass is 10.2. The van der Waals surface area contributed by atoms with E-state index in [9.17, 15) is 4.79 Å². The number of hydrogen-bond acceptors (Lipinski definition) is 5. The van der Waals surface area contributed by atoms with Crippen LogP contribution >= 0.6 is 11.8 Å². The normalized spacial score (nSPS) is 9.37. The van der Waals surface area contributed by atoms with E-state index in [2.05, 4.69) is 10.1 Å². The van der Waals surface area contributed by atoms with Crippen LogP contribution in [0.15, 0.2) is 23.1 Å². The van der Waals surface area contributed by atoms with Crippen LogP contribution in [0.25, 0.3) is 0 Å². The molecule has 4 nitrogen and oxygen atoms in total. The van der Waals surface area contributed by atoms with Crippen molar-refractivity contribution in [2.24, 2.45) is 0 Å². The summed E-state index contributed by atoms with van der Waals surface area (Å²) in [5, 5.41) is 10.7. The van der Waals surface area contributed by atoms with Gasteiger partial charge in [-0.2, -0.15) is 0 Å². The number of thioether (sulfide) groups is 1. The average Bonchev–Trinajstić information content (AvgIpc) is 2.39. The van der Waals surface area contributed by atoms with Crippen molar-refractivity contribution >= 4 is 29.6 Å². The number of esters is 1. The van der Waals surface area contributed by atoms with E-state index >= 15 is 0 Å². The van der Waals surface area contributed by atoms with E-state index in [0.29, 0.717) is 12.2 Å². The summed E-state index contributed by atoms with van der Waals surface area (Å²) in [5.41, 5.74) is 1.82. The minimum Gasteiger partial charge on any atom is -0.469 e.